The first-order valence-corrected chi connectivity index (χ1v) is 4.94. The second kappa shape index (κ2) is 6.70. The van der Waals surface area contributed by atoms with E-state index < -0.39 is 24.7 Å². The Morgan fingerprint density at radius 1 is 1.50 bits per heavy atom. The lowest BCUT2D eigenvalue weighted by Crippen LogP contribution is -2.47. The van der Waals surface area contributed by atoms with Gasteiger partial charge in [0.2, 0.25) is 0 Å². The minimum Gasteiger partial charge on any atom is -0.370 e. The van der Waals surface area contributed by atoms with E-state index in [0.29, 0.717) is 6.42 Å². The van der Waals surface area contributed by atoms with E-state index >= 15 is 0 Å². The summed E-state index contributed by atoms with van der Waals surface area (Å²) in [6.45, 7) is 0.339. The van der Waals surface area contributed by atoms with E-state index in [1.165, 1.54) is 7.11 Å². The molecule has 0 aliphatic heterocycles. The van der Waals surface area contributed by atoms with Gasteiger partial charge in [-0.3, -0.25) is 4.79 Å². The maximum atomic E-state index is 12.2. The van der Waals surface area contributed by atoms with Gasteiger partial charge in [-0.1, -0.05) is 6.92 Å². The molecule has 0 rings (SSSR count). The van der Waals surface area contributed by atoms with Gasteiger partial charge in [0.05, 0.1) is 0 Å². The molecule has 2 N–H and O–H groups in total. The minimum atomic E-state index is -4.41. The number of carbonyl (C=O) groups excluding carboxylic acids is 1. The van der Waals surface area contributed by atoms with E-state index in [4.69, 9.17) is 10.5 Å². The van der Waals surface area contributed by atoms with Crippen LogP contribution < -0.4 is 5.73 Å². The van der Waals surface area contributed by atoms with Crippen molar-refractivity contribution in [3.8, 4) is 0 Å². The Balaban J connectivity index is 4.57. The van der Waals surface area contributed by atoms with Crippen LogP contribution in [0.2, 0.25) is 0 Å². The minimum absolute atomic E-state index is 0.0399. The van der Waals surface area contributed by atoms with Crippen molar-refractivity contribution in [1.29, 1.82) is 0 Å². The average molecular weight is 242 g/mol. The predicted octanol–water partition coefficient (Wildman–Crippen LogP) is 0.761. The van der Waals surface area contributed by atoms with E-state index in [1.54, 1.807) is 6.92 Å². The first kappa shape index (κ1) is 15.2. The van der Waals surface area contributed by atoms with Crippen LogP contribution in [0.5, 0.6) is 0 Å². The van der Waals surface area contributed by atoms with Gasteiger partial charge in [0.25, 0.3) is 5.91 Å². The molecule has 0 saturated carbocycles. The fourth-order valence-corrected chi connectivity index (χ4v) is 1.25. The molecule has 0 aliphatic carbocycles. The summed E-state index contributed by atoms with van der Waals surface area (Å²) in [5, 5.41) is 0. The third-order valence-electron chi connectivity index (χ3n) is 1.95. The fraction of sp³-hybridized carbons (Fsp3) is 0.889. The van der Waals surface area contributed by atoms with Crippen LogP contribution in [-0.4, -0.2) is 49.8 Å². The quantitative estimate of drug-likeness (QED) is 0.748. The highest BCUT2D eigenvalue weighted by Crippen LogP contribution is 2.17. The van der Waals surface area contributed by atoms with Crippen LogP contribution in [-0.2, 0) is 9.53 Å². The number of rotatable bonds is 6. The summed E-state index contributed by atoms with van der Waals surface area (Å²) in [5.41, 5.74) is 5.23. The van der Waals surface area contributed by atoms with Crippen molar-refractivity contribution in [1.82, 2.24) is 4.90 Å². The highest BCUT2D eigenvalue weighted by Gasteiger charge is 2.34. The van der Waals surface area contributed by atoms with Gasteiger partial charge in [-0.05, 0) is 6.42 Å². The van der Waals surface area contributed by atoms with Gasteiger partial charge < -0.3 is 15.4 Å². The van der Waals surface area contributed by atoms with Gasteiger partial charge in [-0.25, -0.2) is 0 Å². The van der Waals surface area contributed by atoms with Crippen LogP contribution >= 0.6 is 0 Å². The molecule has 0 saturated heterocycles. The van der Waals surface area contributed by atoms with Crippen LogP contribution in [0.3, 0.4) is 0 Å². The molecule has 1 atom stereocenters. The van der Waals surface area contributed by atoms with Crippen molar-refractivity contribution in [3.63, 3.8) is 0 Å². The largest absolute Gasteiger partial charge is 0.406 e. The molecule has 0 spiro atoms. The molecule has 16 heavy (non-hydrogen) atoms. The lowest BCUT2D eigenvalue weighted by molar-refractivity contribution is -0.167. The Morgan fingerprint density at radius 2 is 2.06 bits per heavy atom. The average Bonchev–Trinajstić information content (AvgIpc) is 2.17. The molecule has 0 heterocycles. The van der Waals surface area contributed by atoms with Crippen LogP contribution in [0.15, 0.2) is 0 Å². The molecule has 0 radical (unpaired) electrons. The number of halogens is 3. The number of nitrogens with zero attached hydrogens (tertiary/aromatic N) is 1. The molecular formula is C9H17F3N2O2. The Kier molecular flexibility index (Phi) is 6.35. The molecule has 7 heteroatoms. The number of amides is 1. The molecule has 0 bridgehead atoms. The van der Waals surface area contributed by atoms with Crippen molar-refractivity contribution in [2.24, 2.45) is 5.73 Å². The number of hydrogen-bond donors (Lipinski definition) is 1. The second-order valence-corrected chi connectivity index (χ2v) is 3.34. The lowest BCUT2D eigenvalue weighted by atomic mass is 10.2. The van der Waals surface area contributed by atoms with Crippen LogP contribution in [0.4, 0.5) is 13.2 Å². The van der Waals surface area contributed by atoms with Crippen molar-refractivity contribution < 1.29 is 22.7 Å². The Morgan fingerprint density at radius 3 is 2.38 bits per heavy atom. The van der Waals surface area contributed by atoms with Crippen molar-refractivity contribution in [3.05, 3.63) is 0 Å². The molecule has 0 aliphatic rings. The molecule has 1 amide bonds. The van der Waals surface area contributed by atoms with Crippen LogP contribution in [0, 0.1) is 0 Å². The van der Waals surface area contributed by atoms with E-state index in [9.17, 15) is 18.0 Å². The van der Waals surface area contributed by atoms with Gasteiger partial charge in [-0.15, -0.1) is 0 Å². The molecular weight excluding hydrogens is 225 g/mol. The summed E-state index contributed by atoms with van der Waals surface area (Å²) >= 11 is 0. The number of nitrogens with two attached hydrogens (primary N) is 1. The highest BCUT2D eigenvalue weighted by molar-refractivity contribution is 5.81. The van der Waals surface area contributed by atoms with E-state index in [-0.39, 0.29) is 13.1 Å². The number of alkyl halides is 3. The first-order valence-electron chi connectivity index (χ1n) is 4.94. The van der Waals surface area contributed by atoms with Gasteiger partial charge >= 0.3 is 6.18 Å². The summed E-state index contributed by atoms with van der Waals surface area (Å²) in [7, 11) is 1.24. The smallest absolute Gasteiger partial charge is 0.370 e. The predicted molar refractivity (Wildman–Crippen MR) is 52.8 cm³/mol. The van der Waals surface area contributed by atoms with Gasteiger partial charge in [0, 0.05) is 20.2 Å². The molecule has 96 valence electrons. The zero-order valence-electron chi connectivity index (χ0n) is 9.38. The maximum absolute atomic E-state index is 12.2. The third-order valence-corrected chi connectivity index (χ3v) is 1.95. The number of methoxy groups -OCH3 is 1. The lowest BCUT2D eigenvalue weighted by Gasteiger charge is -2.26. The SMILES string of the molecule is CCCN(CC(F)(F)F)C(=O)C(CN)OC. The standard InChI is InChI=1S/C9H17F3N2O2/c1-3-4-14(6-9(10,11)12)8(15)7(5-13)16-2/h7H,3-6,13H2,1-2H3. The molecule has 1 unspecified atom stereocenters. The summed E-state index contributed by atoms with van der Waals surface area (Å²) in [4.78, 5) is 12.3. The first-order chi connectivity index (χ1) is 7.35. The van der Waals surface area contributed by atoms with E-state index in [0.717, 1.165) is 4.90 Å². The van der Waals surface area contributed by atoms with Crippen molar-refractivity contribution in [2.75, 3.05) is 26.7 Å². The number of hydrogen-bond acceptors (Lipinski definition) is 3. The van der Waals surface area contributed by atoms with Gasteiger partial charge in [-0.2, -0.15) is 13.2 Å². The van der Waals surface area contributed by atoms with E-state index in [2.05, 4.69) is 0 Å². The van der Waals surface area contributed by atoms with Gasteiger partial charge in [0.1, 0.15) is 12.6 Å². The normalized spacial score (nSPS) is 13.6. The number of carbonyl (C=O) groups is 1. The summed E-state index contributed by atoms with van der Waals surface area (Å²) in [6.07, 6.45) is -4.96. The zero-order chi connectivity index (χ0) is 12.8. The molecule has 4 nitrogen and oxygen atoms in total. The summed E-state index contributed by atoms with van der Waals surface area (Å²) in [5.74, 6) is -0.718. The Bertz CT molecular complexity index is 217. The molecule has 0 fully saturated rings. The topological polar surface area (TPSA) is 55.6 Å². The zero-order valence-corrected chi connectivity index (χ0v) is 9.38. The Hall–Kier alpha value is -0.820. The van der Waals surface area contributed by atoms with Crippen molar-refractivity contribution >= 4 is 5.91 Å². The molecule has 0 aromatic heterocycles. The van der Waals surface area contributed by atoms with Crippen LogP contribution in [0.25, 0.3) is 0 Å². The molecule has 0 aromatic rings. The summed E-state index contributed by atoms with van der Waals surface area (Å²) < 4.78 is 41.3. The molecule has 0 aromatic carbocycles. The second-order valence-electron chi connectivity index (χ2n) is 3.34. The number of ether oxygens (including phenoxy) is 1. The third kappa shape index (κ3) is 5.32. The maximum Gasteiger partial charge on any atom is 0.406 e. The summed E-state index contributed by atoms with van der Waals surface area (Å²) in [6, 6.07) is 0. The van der Waals surface area contributed by atoms with Gasteiger partial charge in [0.15, 0.2) is 0 Å². The highest BCUT2D eigenvalue weighted by atomic mass is 19.4. The monoisotopic (exact) mass is 242 g/mol. The fourth-order valence-electron chi connectivity index (χ4n) is 1.25. The van der Waals surface area contributed by atoms with E-state index in [1.807, 2.05) is 0 Å². The Labute approximate surface area is 92.5 Å². The van der Waals surface area contributed by atoms with Crippen LogP contribution in [0.1, 0.15) is 13.3 Å². The van der Waals surface area contributed by atoms with Crippen molar-refractivity contribution in [2.45, 2.75) is 25.6 Å².